The third-order valence-corrected chi connectivity index (χ3v) is 3.18. The Morgan fingerprint density at radius 3 is 2.71 bits per heavy atom. The summed E-state index contributed by atoms with van der Waals surface area (Å²) in [5, 5.41) is 4.30. The van der Waals surface area contributed by atoms with Gasteiger partial charge in [0.1, 0.15) is 5.82 Å². The minimum absolute atomic E-state index is 0.0567. The van der Waals surface area contributed by atoms with Gasteiger partial charge in [0, 0.05) is 19.8 Å². The van der Waals surface area contributed by atoms with Crippen molar-refractivity contribution >= 4 is 5.91 Å². The molecule has 0 aliphatic carbocycles. The van der Waals surface area contributed by atoms with E-state index in [0.29, 0.717) is 29.6 Å². The molecule has 2 aromatic rings. The van der Waals surface area contributed by atoms with Crippen LogP contribution in [-0.4, -0.2) is 44.1 Å². The molecule has 0 fully saturated rings. The van der Waals surface area contributed by atoms with Gasteiger partial charge in [-0.1, -0.05) is 0 Å². The molecule has 0 aliphatic heterocycles. The predicted octanol–water partition coefficient (Wildman–Crippen LogP) is 1.08. The fraction of sp³-hybridized carbons (Fsp3) is 0.429. The van der Waals surface area contributed by atoms with Gasteiger partial charge in [-0.3, -0.25) is 4.79 Å². The van der Waals surface area contributed by atoms with Crippen molar-refractivity contribution in [1.29, 1.82) is 0 Å². The van der Waals surface area contributed by atoms with Crippen molar-refractivity contribution in [3.8, 4) is 5.82 Å². The third-order valence-electron chi connectivity index (χ3n) is 3.18. The number of nitrogens with two attached hydrogens (primary N) is 1. The summed E-state index contributed by atoms with van der Waals surface area (Å²) in [6, 6.07) is 3.23. The highest BCUT2D eigenvalue weighted by molar-refractivity contribution is 5.93. The lowest BCUT2D eigenvalue weighted by molar-refractivity contribution is 0.0802. The van der Waals surface area contributed by atoms with Gasteiger partial charge in [0.15, 0.2) is 11.6 Å². The van der Waals surface area contributed by atoms with Gasteiger partial charge in [-0.25, -0.2) is 9.97 Å². The van der Waals surface area contributed by atoms with Crippen LogP contribution >= 0.6 is 0 Å². The molecule has 0 saturated carbocycles. The first-order valence-corrected chi connectivity index (χ1v) is 6.85. The number of aryl methyl sites for hydroxylation is 1. The molecule has 2 aromatic heterocycles. The van der Waals surface area contributed by atoms with E-state index in [1.807, 2.05) is 13.8 Å². The highest BCUT2D eigenvalue weighted by Gasteiger charge is 2.15. The smallest absolute Gasteiger partial charge is 0.255 e. The fourth-order valence-electron chi connectivity index (χ4n) is 1.90. The molecule has 7 nitrogen and oxygen atoms in total. The first-order chi connectivity index (χ1) is 9.93. The Morgan fingerprint density at radius 2 is 2.19 bits per heavy atom. The predicted molar refractivity (Wildman–Crippen MR) is 79.1 cm³/mol. The molecular formula is C14H20N6O. The van der Waals surface area contributed by atoms with Crippen molar-refractivity contribution in [3.63, 3.8) is 0 Å². The number of carbonyl (C=O) groups excluding carboxylic acids is 1. The molecule has 112 valence electrons. The van der Waals surface area contributed by atoms with Crippen LogP contribution < -0.4 is 5.73 Å². The Balaban J connectivity index is 2.33. The number of hydrogen-bond acceptors (Lipinski definition) is 5. The average molecular weight is 288 g/mol. The zero-order valence-electron chi connectivity index (χ0n) is 12.7. The van der Waals surface area contributed by atoms with E-state index < -0.39 is 0 Å². The van der Waals surface area contributed by atoms with E-state index in [9.17, 15) is 4.79 Å². The Morgan fingerprint density at radius 1 is 1.48 bits per heavy atom. The number of amides is 1. The lowest BCUT2D eigenvalue weighted by atomic mass is 10.2. The first-order valence-electron chi connectivity index (χ1n) is 6.85. The molecule has 1 unspecified atom stereocenters. The van der Waals surface area contributed by atoms with Crippen molar-refractivity contribution in [2.24, 2.45) is 5.73 Å². The molecule has 0 saturated heterocycles. The fourth-order valence-corrected chi connectivity index (χ4v) is 1.90. The number of pyridine rings is 1. The number of aromatic nitrogens is 4. The zero-order chi connectivity index (χ0) is 15.6. The van der Waals surface area contributed by atoms with Crippen LogP contribution in [0, 0.1) is 6.92 Å². The monoisotopic (exact) mass is 288 g/mol. The van der Waals surface area contributed by atoms with Gasteiger partial charge < -0.3 is 10.6 Å². The minimum Gasteiger partial charge on any atom is -0.342 e. The molecule has 2 N–H and O–H groups in total. The van der Waals surface area contributed by atoms with Crippen molar-refractivity contribution in [1.82, 2.24) is 24.6 Å². The lowest BCUT2D eigenvalue weighted by Gasteiger charge is -2.14. The second-order valence-corrected chi connectivity index (χ2v) is 4.94. The number of hydrogen-bond donors (Lipinski definition) is 1. The molecule has 1 atom stereocenters. The molecule has 0 radical (unpaired) electrons. The Hall–Kier alpha value is -2.28. The van der Waals surface area contributed by atoms with Crippen molar-refractivity contribution in [2.75, 3.05) is 13.6 Å². The van der Waals surface area contributed by atoms with Crippen LogP contribution in [0.25, 0.3) is 5.82 Å². The van der Waals surface area contributed by atoms with E-state index in [2.05, 4.69) is 15.1 Å². The largest absolute Gasteiger partial charge is 0.342 e. The standard InChI is InChI=1S/C14H20N6O/c1-5-19(4)14(21)11-6-7-12(16-8-11)20-13(9(2)15)17-10(3)18-20/h6-9H,5,15H2,1-4H3. The summed E-state index contributed by atoms with van der Waals surface area (Å²) >= 11 is 0. The zero-order valence-corrected chi connectivity index (χ0v) is 12.7. The minimum atomic E-state index is -0.250. The summed E-state index contributed by atoms with van der Waals surface area (Å²) in [5.74, 6) is 1.82. The van der Waals surface area contributed by atoms with Gasteiger partial charge in [0.2, 0.25) is 0 Å². The molecule has 7 heteroatoms. The van der Waals surface area contributed by atoms with E-state index in [4.69, 9.17) is 5.73 Å². The van der Waals surface area contributed by atoms with Gasteiger partial charge in [0.05, 0.1) is 11.6 Å². The molecule has 21 heavy (non-hydrogen) atoms. The van der Waals surface area contributed by atoms with Crippen LogP contribution in [-0.2, 0) is 0 Å². The van der Waals surface area contributed by atoms with E-state index >= 15 is 0 Å². The van der Waals surface area contributed by atoms with Gasteiger partial charge in [0.25, 0.3) is 5.91 Å². The molecule has 0 bridgehead atoms. The Kier molecular flexibility index (Phi) is 4.32. The lowest BCUT2D eigenvalue weighted by Crippen LogP contribution is -2.26. The third kappa shape index (κ3) is 3.08. The maximum absolute atomic E-state index is 12.0. The van der Waals surface area contributed by atoms with Gasteiger partial charge in [-0.2, -0.15) is 4.68 Å². The molecule has 0 aromatic carbocycles. The summed E-state index contributed by atoms with van der Waals surface area (Å²) in [6.07, 6.45) is 1.55. The normalized spacial score (nSPS) is 12.2. The van der Waals surface area contributed by atoms with Crippen molar-refractivity contribution in [3.05, 3.63) is 35.5 Å². The molecule has 2 heterocycles. The highest BCUT2D eigenvalue weighted by atomic mass is 16.2. The highest BCUT2D eigenvalue weighted by Crippen LogP contribution is 2.13. The molecule has 0 aliphatic rings. The van der Waals surface area contributed by atoms with E-state index in [0.717, 1.165) is 0 Å². The number of rotatable bonds is 4. The van der Waals surface area contributed by atoms with Crippen LogP contribution in [0.2, 0.25) is 0 Å². The van der Waals surface area contributed by atoms with Gasteiger partial charge in [-0.15, -0.1) is 5.10 Å². The van der Waals surface area contributed by atoms with Crippen LogP contribution in [0.4, 0.5) is 0 Å². The molecule has 2 rings (SSSR count). The second-order valence-electron chi connectivity index (χ2n) is 4.94. The summed E-state index contributed by atoms with van der Waals surface area (Å²) in [5.41, 5.74) is 6.43. The second kappa shape index (κ2) is 6.01. The maximum atomic E-state index is 12.0. The van der Waals surface area contributed by atoms with Crippen LogP contribution in [0.3, 0.4) is 0 Å². The number of carbonyl (C=O) groups is 1. The molecular weight excluding hydrogens is 268 g/mol. The van der Waals surface area contributed by atoms with E-state index in [-0.39, 0.29) is 11.9 Å². The quantitative estimate of drug-likeness (QED) is 0.909. The Labute approximate surface area is 123 Å². The Bertz CT molecular complexity index is 631. The summed E-state index contributed by atoms with van der Waals surface area (Å²) in [6.45, 7) is 6.22. The van der Waals surface area contributed by atoms with Gasteiger partial charge >= 0.3 is 0 Å². The first kappa shape index (κ1) is 15.1. The van der Waals surface area contributed by atoms with Crippen LogP contribution in [0.1, 0.15) is 41.9 Å². The van der Waals surface area contributed by atoms with E-state index in [1.165, 1.54) is 0 Å². The average Bonchev–Trinajstić information content (AvgIpc) is 2.88. The van der Waals surface area contributed by atoms with Crippen molar-refractivity contribution < 1.29 is 4.79 Å². The maximum Gasteiger partial charge on any atom is 0.255 e. The van der Waals surface area contributed by atoms with E-state index in [1.54, 1.807) is 41.9 Å². The topological polar surface area (TPSA) is 89.9 Å². The summed E-state index contributed by atoms with van der Waals surface area (Å²) in [7, 11) is 1.76. The van der Waals surface area contributed by atoms with Crippen LogP contribution in [0.5, 0.6) is 0 Å². The molecule has 1 amide bonds. The summed E-state index contributed by atoms with van der Waals surface area (Å²) in [4.78, 5) is 22.3. The van der Waals surface area contributed by atoms with Gasteiger partial charge in [-0.05, 0) is 32.9 Å². The molecule has 0 spiro atoms. The SMILES string of the molecule is CCN(C)C(=O)c1ccc(-n2nc(C)nc2C(C)N)nc1. The summed E-state index contributed by atoms with van der Waals surface area (Å²) < 4.78 is 1.61. The number of nitrogens with zero attached hydrogens (tertiary/aromatic N) is 5. The van der Waals surface area contributed by atoms with Crippen molar-refractivity contribution in [2.45, 2.75) is 26.8 Å². The van der Waals surface area contributed by atoms with Crippen LogP contribution in [0.15, 0.2) is 18.3 Å².